The smallest absolute Gasteiger partial charge is 0.310 e. The number of para-hydroxylation sites is 1. The van der Waals surface area contributed by atoms with E-state index in [0.29, 0.717) is 44.8 Å². The van der Waals surface area contributed by atoms with Gasteiger partial charge in [-0.15, -0.1) is 0 Å². The molecule has 162 valence electrons. The van der Waals surface area contributed by atoms with Crippen molar-refractivity contribution in [3.8, 4) is 0 Å². The summed E-state index contributed by atoms with van der Waals surface area (Å²) in [5, 5.41) is 0. The van der Waals surface area contributed by atoms with E-state index in [1.54, 1.807) is 19.1 Å². The number of carbonyl (C=O) groups excluding carboxylic acids is 1. The fourth-order valence-corrected chi connectivity index (χ4v) is 5.65. The average molecular weight is 426 g/mol. The number of anilines is 1. The number of carbonyl (C=O) groups is 1. The molecule has 0 radical (unpaired) electrons. The van der Waals surface area contributed by atoms with Crippen LogP contribution < -0.4 is 4.31 Å². The van der Waals surface area contributed by atoms with E-state index in [9.17, 15) is 13.2 Å². The third kappa shape index (κ3) is 5.09. The average Bonchev–Trinajstić information content (AvgIpc) is 2.75. The van der Waals surface area contributed by atoms with Gasteiger partial charge in [-0.05, 0) is 38.4 Å². The van der Waals surface area contributed by atoms with E-state index in [-0.39, 0.29) is 12.5 Å². The van der Waals surface area contributed by atoms with Crippen molar-refractivity contribution in [2.24, 2.45) is 5.92 Å². The molecule has 2 fully saturated rings. The molecule has 0 bridgehead atoms. The molecule has 2 saturated heterocycles. The Hall–Kier alpha value is -1.68. The molecule has 8 nitrogen and oxygen atoms in total. The topological polar surface area (TPSA) is 79.4 Å². The molecule has 0 aromatic heterocycles. The zero-order chi connectivity index (χ0) is 20.9. The van der Waals surface area contributed by atoms with E-state index in [4.69, 9.17) is 9.47 Å². The Morgan fingerprint density at radius 2 is 1.97 bits per heavy atom. The fourth-order valence-electron chi connectivity index (χ4n) is 3.86. The van der Waals surface area contributed by atoms with Gasteiger partial charge in [0.1, 0.15) is 0 Å². The minimum atomic E-state index is -3.88. The maximum atomic E-state index is 13.7. The molecule has 0 N–H and O–H groups in total. The van der Waals surface area contributed by atoms with E-state index in [1.807, 2.05) is 18.2 Å². The van der Waals surface area contributed by atoms with Crippen LogP contribution in [0.5, 0.6) is 0 Å². The van der Waals surface area contributed by atoms with Crippen molar-refractivity contribution in [2.45, 2.75) is 32.9 Å². The molecule has 2 atom stereocenters. The molecule has 0 aliphatic carbocycles. The normalized spacial score (nSPS) is 24.2. The zero-order valence-electron chi connectivity index (χ0n) is 17.2. The second-order valence-electron chi connectivity index (χ2n) is 7.31. The summed E-state index contributed by atoms with van der Waals surface area (Å²) in [5.41, 5.74) is 0.564. The monoisotopic (exact) mass is 425 g/mol. The van der Waals surface area contributed by atoms with Crippen molar-refractivity contribution >= 4 is 21.9 Å². The first-order chi connectivity index (χ1) is 14.0. The van der Waals surface area contributed by atoms with Crippen molar-refractivity contribution in [1.82, 2.24) is 9.21 Å². The van der Waals surface area contributed by atoms with Crippen LogP contribution in [0.25, 0.3) is 0 Å². The molecule has 2 aliphatic heterocycles. The zero-order valence-corrected chi connectivity index (χ0v) is 18.0. The minimum Gasteiger partial charge on any atom is -0.466 e. The number of ether oxygens (including phenoxy) is 2. The van der Waals surface area contributed by atoms with Gasteiger partial charge in [0, 0.05) is 26.2 Å². The summed E-state index contributed by atoms with van der Waals surface area (Å²) < 4.78 is 41.2. The van der Waals surface area contributed by atoms with E-state index >= 15 is 0 Å². The maximum Gasteiger partial charge on any atom is 0.310 e. The van der Waals surface area contributed by atoms with Crippen molar-refractivity contribution in [3.05, 3.63) is 30.3 Å². The van der Waals surface area contributed by atoms with E-state index in [2.05, 4.69) is 11.8 Å². The number of rotatable bonds is 7. The summed E-state index contributed by atoms with van der Waals surface area (Å²) in [6, 6.07) is 9.04. The fraction of sp³-hybridized carbons (Fsp3) is 0.650. The molecule has 0 spiro atoms. The molecule has 29 heavy (non-hydrogen) atoms. The predicted octanol–water partition coefficient (Wildman–Crippen LogP) is 1.69. The lowest BCUT2D eigenvalue weighted by molar-refractivity contribution is -0.149. The third-order valence-corrected chi connectivity index (χ3v) is 7.36. The van der Waals surface area contributed by atoms with Gasteiger partial charge < -0.3 is 9.47 Å². The number of benzene rings is 1. The van der Waals surface area contributed by atoms with Crippen LogP contribution in [0, 0.1) is 5.92 Å². The first-order valence-corrected chi connectivity index (χ1v) is 11.7. The minimum absolute atomic E-state index is 0.134. The lowest BCUT2D eigenvalue weighted by Crippen LogP contribution is -2.58. The highest BCUT2D eigenvalue weighted by Crippen LogP contribution is 2.29. The quantitative estimate of drug-likeness (QED) is 0.619. The highest BCUT2D eigenvalue weighted by atomic mass is 32.2. The van der Waals surface area contributed by atoms with Crippen LogP contribution in [-0.2, 0) is 24.5 Å². The molecule has 0 saturated carbocycles. The third-order valence-electron chi connectivity index (χ3n) is 5.43. The van der Waals surface area contributed by atoms with Crippen LogP contribution in [0.15, 0.2) is 30.3 Å². The summed E-state index contributed by atoms with van der Waals surface area (Å²) in [4.78, 5) is 14.4. The van der Waals surface area contributed by atoms with Crippen LogP contribution in [0.3, 0.4) is 0 Å². The van der Waals surface area contributed by atoms with Crippen molar-refractivity contribution in [3.63, 3.8) is 0 Å². The standard InChI is InChI=1S/C20H31N3O5S/c1-3-21-13-14-28-19(16-21)23(18-10-6-5-7-11-18)29(25,26)22-12-8-9-17(15-22)20(24)27-4-2/h5-7,10-11,17,19H,3-4,8-9,12-16H2,1-2H3. The number of morpholine rings is 1. The summed E-state index contributed by atoms with van der Waals surface area (Å²) >= 11 is 0. The highest BCUT2D eigenvalue weighted by molar-refractivity contribution is 7.90. The maximum absolute atomic E-state index is 13.7. The number of hydrogen-bond acceptors (Lipinski definition) is 6. The molecular formula is C20H31N3O5S. The Bertz CT molecular complexity index is 774. The van der Waals surface area contributed by atoms with Gasteiger partial charge in [-0.25, -0.2) is 4.31 Å². The molecule has 2 unspecified atom stereocenters. The lowest BCUT2D eigenvalue weighted by Gasteiger charge is -2.42. The van der Waals surface area contributed by atoms with Gasteiger partial charge >= 0.3 is 16.2 Å². The van der Waals surface area contributed by atoms with Crippen LogP contribution >= 0.6 is 0 Å². The number of esters is 1. The molecular weight excluding hydrogens is 394 g/mol. The van der Waals surface area contributed by atoms with Gasteiger partial charge in [-0.2, -0.15) is 12.7 Å². The second-order valence-corrected chi connectivity index (χ2v) is 9.11. The first kappa shape index (κ1) is 22.0. The molecule has 0 amide bonds. The Kier molecular flexibility index (Phi) is 7.50. The first-order valence-electron chi connectivity index (χ1n) is 10.3. The summed E-state index contributed by atoms with van der Waals surface area (Å²) in [6.07, 6.45) is 0.650. The lowest BCUT2D eigenvalue weighted by atomic mass is 10.0. The van der Waals surface area contributed by atoms with E-state index < -0.39 is 22.4 Å². The Morgan fingerprint density at radius 1 is 1.21 bits per heavy atom. The number of piperidine rings is 1. The largest absolute Gasteiger partial charge is 0.466 e. The van der Waals surface area contributed by atoms with Crippen LogP contribution in [0.4, 0.5) is 5.69 Å². The highest BCUT2D eigenvalue weighted by Gasteiger charge is 2.41. The molecule has 1 aromatic rings. The molecule has 2 aliphatic rings. The van der Waals surface area contributed by atoms with E-state index in [0.717, 1.165) is 13.1 Å². The Labute approximate surface area is 173 Å². The number of nitrogens with zero attached hydrogens (tertiary/aromatic N) is 3. The van der Waals surface area contributed by atoms with Gasteiger partial charge in [0.05, 0.1) is 24.8 Å². The van der Waals surface area contributed by atoms with Crippen molar-refractivity contribution in [2.75, 3.05) is 50.2 Å². The van der Waals surface area contributed by atoms with Crippen molar-refractivity contribution in [1.29, 1.82) is 0 Å². The molecule has 3 rings (SSSR count). The summed E-state index contributed by atoms with van der Waals surface area (Å²) in [5.74, 6) is -0.764. The van der Waals surface area contributed by atoms with Crippen LogP contribution in [0.1, 0.15) is 26.7 Å². The summed E-state index contributed by atoms with van der Waals surface area (Å²) in [7, 11) is -3.88. The number of hydrogen-bond donors (Lipinski definition) is 0. The molecule has 9 heteroatoms. The van der Waals surface area contributed by atoms with Gasteiger partial charge in [0.15, 0.2) is 6.23 Å². The van der Waals surface area contributed by atoms with Gasteiger partial charge in [-0.3, -0.25) is 9.69 Å². The van der Waals surface area contributed by atoms with Gasteiger partial charge in [0.2, 0.25) is 0 Å². The summed E-state index contributed by atoms with van der Waals surface area (Å²) in [6.45, 7) is 7.20. The SMILES string of the molecule is CCOC(=O)C1CCCN(S(=O)(=O)N(c2ccccc2)C2CN(CC)CCO2)C1. The van der Waals surface area contributed by atoms with Crippen LogP contribution in [0.2, 0.25) is 0 Å². The Balaban J connectivity index is 1.88. The van der Waals surface area contributed by atoms with Gasteiger partial charge in [-0.1, -0.05) is 25.1 Å². The van der Waals surface area contributed by atoms with Gasteiger partial charge in [0.25, 0.3) is 0 Å². The van der Waals surface area contributed by atoms with Crippen LogP contribution in [-0.4, -0.2) is 75.8 Å². The second kappa shape index (κ2) is 9.88. The number of likely N-dealkylation sites (N-methyl/N-ethyl adjacent to an activating group) is 1. The molecule has 1 aromatic carbocycles. The Morgan fingerprint density at radius 3 is 2.66 bits per heavy atom. The molecule has 2 heterocycles. The van der Waals surface area contributed by atoms with Crippen molar-refractivity contribution < 1.29 is 22.7 Å². The van der Waals surface area contributed by atoms with E-state index in [1.165, 1.54) is 8.61 Å². The predicted molar refractivity (Wildman–Crippen MR) is 111 cm³/mol.